The van der Waals surface area contributed by atoms with Crippen molar-refractivity contribution in [2.24, 2.45) is 5.92 Å². The number of amides is 3. The minimum Gasteiger partial charge on any atom is -0.447 e. The van der Waals surface area contributed by atoms with Crippen LogP contribution in [0.1, 0.15) is 37.3 Å². The molecule has 43 heavy (non-hydrogen) atoms. The van der Waals surface area contributed by atoms with E-state index in [0.29, 0.717) is 36.0 Å². The SMILES string of the molecule is C[C@@H]1[C@@H]([Si](C)(C)O)[C@H](CC(=O)N2CCC[C@H]2CO)O[C@@]12C(=O)N(Cc1ccc(N3CCOC3=O)cc1)c1ccc(Cl)cc12. The Labute approximate surface area is 257 Å². The van der Waals surface area contributed by atoms with Gasteiger partial charge in [0.05, 0.1) is 44.0 Å². The van der Waals surface area contributed by atoms with Crippen molar-refractivity contribution in [3.05, 3.63) is 58.6 Å². The van der Waals surface area contributed by atoms with Crippen LogP contribution in [0.4, 0.5) is 16.2 Å². The largest absolute Gasteiger partial charge is 0.447 e. The summed E-state index contributed by atoms with van der Waals surface area (Å²) in [6.07, 6.45) is 0.546. The van der Waals surface area contributed by atoms with Crippen molar-refractivity contribution >= 4 is 49.2 Å². The van der Waals surface area contributed by atoms with Crippen molar-refractivity contribution in [1.29, 1.82) is 0 Å². The number of carbonyl (C=O) groups is 3. The van der Waals surface area contributed by atoms with Crippen molar-refractivity contribution in [3.63, 3.8) is 0 Å². The van der Waals surface area contributed by atoms with E-state index >= 15 is 0 Å². The maximum atomic E-state index is 14.6. The maximum absolute atomic E-state index is 14.6. The first-order chi connectivity index (χ1) is 20.5. The predicted molar refractivity (Wildman–Crippen MR) is 163 cm³/mol. The molecule has 0 saturated carbocycles. The van der Waals surface area contributed by atoms with E-state index in [1.54, 1.807) is 26.8 Å². The molecular weight excluding hydrogens is 590 g/mol. The molecule has 4 heterocycles. The van der Waals surface area contributed by atoms with Crippen molar-refractivity contribution in [1.82, 2.24) is 4.90 Å². The fourth-order valence-electron chi connectivity index (χ4n) is 7.64. The summed E-state index contributed by atoms with van der Waals surface area (Å²) in [5.74, 6) is -0.816. The van der Waals surface area contributed by atoms with E-state index in [0.717, 1.165) is 24.1 Å². The summed E-state index contributed by atoms with van der Waals surface area (Å²) in [4.78, 5) is 56.6. The fourth-order valence-corrected chi connectivity index (χ4v) is 10.4. The van der Waals surface area contributed by atoms with E-state index in [-0.39, 0.29) is 43.5 Å². The zero-order valence-electron chi connectivity index (χ0n) is 24.7. The smallest absolute Gasteiger partial charge is 0.414 e. The zero-order valence-corrected chi connectivity index (χ0v) is 26.4. The zero-order chi connectivity index (χ0) is 30.7. The van der Waals surface area contributed by atoms with Gasteiger partial charge in [-0.05, 0) is 61.8 Å². The van der Waals surface area contributed by atoms with Gasteiger partial charge in [0.1, 0.15) is 6.61 Å². The molecule has 3 amide bonds. The number of rotatable bonds is 7. The number of ether oxygens (including phenoxy) is 2. The lowest BCUT2D eigenvalue weighted by Crippen LogP contribution is -2.46. The van der Waals surface area contributed by atoms with Crippen LogP contribution in [0.2, 0.25) is 23.7 Å². The van der Waals surface area contributed by atoms with Crippen molar-refractivity contribution in [2.45, 2.75) is 69.1 Å². The van der Waals surface area contributed by atoms with Crippen molar-refractivity contribution in [2.75, 3.05) is 36.1 Å². The Kier molecular flexibility index (Phi) is 7.83. The Bertz CT molecular complexity index is 1430. The molecule has 6 rings (SSSR count). The highest BCUT2D eigenvalue weighted by Gasteiger charge is 2.66. The molecule has 0 radical (unpaired) electrons. The molecule has 10 nitrogen and oxygen atoms in total. The van der Waals surface area contributed by atoms with Crippen LogP contribution < -0.4 is 9.80 Å². The minimum atomic E-state index is -2.95. The number of anilines is 2. The van der Waals surface area contributed by atoms with E-state index in [2.05, 4.69) is 0 Å². The highest BCUT2D eigenvalue weighted by atomic mass is 35.5. The average Bonchev–Trinajstić information content (AvgIpc) is 3.72. The van der Waals surface area contributed by atoms with Gasteiger partial charge in [-0.3, -0.25) is 14.5 Å². The Morgan fingerprint density at radius 3 is 2.53 bits per heavy atom. The monoisotopic (exact) mass is 627 g/mol. The number of aliphatic hydroxyl groups is 1. The van der Waals surface area contributed by atoms with Crippen LogP contribution in [-0.4, -0.2) is 79.5 Å². The number of nitrogens with zero attached hydrogens (tertiary/aromatic N) is 3. The first-order valence-corrected chi connectivity index (χ1v) is 18.3. The molecule has 3 fully saturated rings. The third kappa shape index (κ3) is 5.04. The van der Waals surface area contributed by atoms with Crippen LogP contribution in [0.25, 0.3) is 0 Å². The average molecular weight is 628 g/mol. The lowest BCUT2D eigenvalue weighted by Gasteiger charge is -2.32. The molecule has 230 valence electrons. The highest BCUT2D eigenvalue weighted by molar-refractivity contribution is 6.71. The number of hydrogen-bond donors (Lipinski definition) is 2. The molecule has 0 unspecified atom stereocenters. The lowest BCUT2D eigenvalue weighted by atomic mass is 9.82. The number of likely N-dealkylation sites (tertiary alicyclic amines) is 1. The van der Waals surface area contributed by atoms with E-state index in [9.17, 15) is 24.3 Å². The van der Waals surface area contributed by atoms with Crippen molar-refractivity contribution in [3.8, 4) is 0 Å². The van der Waals surface area contributed by atoms with Gasteiger partial charge >= 0.3 is 6.09 Å². The van der Waals surface area contributed by atoms with Gasteiger partial charge in [0.15, 0.2) is 13.9 Å². The summed E-state index contributed by atoms with van der Waals surface area (Å²) in [7, 11) is -2.95. The number of benzene rings is 2. The Morgan fingerprint density at radius 1 is 1.14 bits per heavy atom. The van der Waals surface area contributed by atoms with E-state index in [1.165, 1.54) is 0 Å². The van der Waals surface area contributed by atoms with Gasteiger partial charge in [0.25, 0.3) is 5.91 Å². The van der Waals surface area contributed by atoms with Crippen molar-refractivity contribution < 1.29 is 33.8 Å². The quantitative estimate of drug-likeness (QED) is 0.445. The maximum Gasteiger partial charge on any atom is 0.414 e. The second-order valence-electron chi connectivity index (χ2n) is 12.6. The number of aliphatic hydroxyl groups excluding tert-OH is 1. The Balaban J connectivity index is 1.32. The molecule has 2 aromatic rings. The fraction of sp³-hybridized carbons (Fsp3) is 0.516. The summed E-state index contributed by atoms with van der Waals surface area (Å²) >= 11 is 6.49. The molecule has 0 aromatic heterocycles. The molecule has 5 atom stereocenters. The van der Waals surface area contributed by atoms with Gasteiger partial charge in [-0.2, -0.15) is 0 Å². The van der Waals surface area contributed by atoms with Crippen LogP contribution >= 0.6 is 11.6 Å². The molecule has 1 spiro atoms. The molecular formula is C31H38ClN3O7Si. The van der Waals surface area contributed by atoms with Gasteiger partial charge in [0, 0.05) is 34.3 Å². The molecule has 2 N–H and O–H groups in total. The first-order valence-electron chi connectivity index (χ1n) is 14.9. The molecule has 4 aliphatic rings. The van der Waals surface area contributed by atoms with E-state index in [1.807, 2.05) is 50.3 Å². The second-order valence-corrected chi connectivity index (χ2v) is 17.0. The third-order valence-electron chi connectivity index (χ3n) is 9.58. The third-order valence-corrected chi connectivity index (χ3v) is 12.3. The highest BCUT2D eigenvalue weighted by Crippen LogP contribution is 2.60. The van der Waals surface area contributed by atoms with Gasteiger partial charge in [-0.25, -0.2) is 4.79 Å². The molecule has 12 heteroatoms. The van der Waals surface area contributed by atoms with Crippen LogP contribution in [-0.2, 0) is 31.2 Å². The molecule has 3 saturated heterocycles. The summed E-state index contributed by atoms with van der Waals surface area (Å²) in [6, 6.07) is 12.6. The Hall–Kier alpha value is -2.96. The number of hydrogen-bond acceptors (Lipinski definition) is 7. The van der Waals surface area contributed by atoms with Gasteiger partial charge in [-0.1, -0.05) is 30.7 Å². The summed E-state index contributed by atoms with van der Waals surface area (Å²) in [5, 5.41) is 10.3. The normalized spacial score (nSPS) is 28.7. The van der Waals surface area contributed by atoms with E-state index in [4.69, 9.17) is 21.1 Å². The van der Waals surface area contributed by atoms with Crippen LogP contribution in [0.5, 0.6) is 0 Å². The summed E-state index contributed by atoms with van der Waals surface area (Å²) in [5.41, 5.74) is 1.09. The second kappa shape index (κ2) is 11.2. The molecule has 0 bridgehead atoms. The molecule has 2 aromatic carbocycles. The van der Waals surface area contributed by atoms with Crippen LogP contribution in [0.3, 0.4) is 0 Å². The summed E-state index contributed by atoms with van der Waals surface area (Å²) in [6.45, 7) is 7.17. The van der Waals surface area contributed by atoms with Gasteiger partial charge < -0.3 is 29.2 Å². The van der Waals surface area contributed by atoms with Gasteiger partial charge in [0.2, 0.25) is 5.91 Å². The Morgan fingerprint density at radius 2 is 1.88 bits per heavy atom. The minimum absolute atomic E-state index is 0.0216. The van der Waals surface area contributed by atoms with Crippen LogP contribution in [0, 0.1) is 5.92 Å². The topological polar surface area (TPSA) is 120 Å². The van der Waals surface area contributed by atoms with E-state index < -0.39 is 31.5 Å². The first kappa shape index (κ1) is 30.1. The number of carbonyl (C=O) groups excluding carboxylic acids is 3. The standard InChI is InChI=1S/C31H38ClN3O7Si/c1-19-28(43(2,3)40)26(16-27(37)33-12-4-5-23(33)18-36)42-31(19)24-15-21(32)8-11-25(24)35(29(31)38)17-20-6-9-22(10-7-20)34-13-14-41-30(34)39/h6-11,15,19,23,26,28,36,40H,4-5,12-14,16-18H2,1-3H3/t19-,23+,26+,28-,31+/m1/s1. The number of cyclic esters (lactones) is 1. The number of fused-ring (bicyclic) bond motifs is 2. The molecule has 4 aliphatic heterocycles. The van der Waals surface area contributed by atoms with Gasteiger partial charge in [-0.15, -0.1) is 0 Å². The summed E-state index contributed by atoms with van der Waals surface area (Å²) < 4.78 is 11.8. The number of halogens is 1. The predicted octanol–water partition coefficient (Wildman–Crippen LogP) is 4.01. The molecule has 0 aliphatic carbocycles. The van der Waals surface area contributed by atoms with Crippen LogP contribution in [0.15, 0.2) is 42.5 Å². The lowest BCUT2D eigenvalue weighted by molar-refractivity contribution is -0.150.